The smallest absolute Gasteiger partial charge is 0.240 e. The highest BCUT2D eigenvalue weighted by Gasteiger charge is 2.13. The predicted molar refractivity (Wildman–Crippen MR) is 138 cm³/mol. The lowest BCUT2D eigenvalue weighted by Gasteiger charge is -2.12. The van der Waals surface area contributed by atoms with Gasteiger partial charge in [0.15, 0.2) is 5.96 Å². The third-order valence-corrected chi connectivity index (χ3v) is 5.71. The molecule has 3 N–H and O–H groups in total. The average molecular weight is 577 g/mol. The van der Waals surface area contributed by atoms with E-state index >= 15 is 0 Å². The Balaban J connectivity index is 0.00000512. The molecule has 0 fully saturated rings. The first kappa shape index (κ1) is 28.1. The van der Waals surface area contributed by atoms with Gasteiger partial charge in [0.25, 0.3) is 0 Å². The maximum absolute atomic E-state index is 12.4. The van der Waals surface area contributed by atoms with Crippen molar-refractivity contribution in [2.24, 2.45) is 4.99 Å². The van der Waals surface area contributed by atoms with Crippen molar-refractivity contribution in [2.45, 2.75) is 25.3 Å². The zero-order valence-electron chi connectivity index (χ0n) is 18.8. The number of nitrogens with one attached hydrogen (secondary N) is 3. The van der Waals surface area contributed by atoms with Gasteiger partial charge in [0.1, 0.15) is 12.4 Å². The molecule has 0 heterocycles. The van der Waals surface area contributed by atoms with Gasteiger partial charge in [-0.1, -0.05) is 29.8 Å². The number of methoxy groups -OCH3 is 1. The molecule has 0 aliphatic heterocycles. The number of hydrogen-bond acceptors (Lipinski definition) is 5. The summed E-state index contributed by atoms with van der Waals surface area (Å²) >= 11 is 0. The van der Waals surface area contributed by atoms with E-state index in [1.165, 1.54) is 12.7 Å². The second-order valence-corrected chi connectivity index (χ2v) is 8.59. The number of hydrogen-bond donors (Lipinski definition) is 3. The fourth-order valence-corrected chi connectivity index (χ4v) is 3.74. The normalized spacial score (nSPS) is 11.5. The van der Waals surface area contributed by atoms with Gasteiger partial charge in [-0.2, -0.15) is 0 Å². The molecule has 0 saturated heterocycles. The lowest BCUT2D eigenvalue weighted by atomic mass is 10.2. The Kier molecular flexibility index (Phi) is 13.2. The molecule has 2 rings (SSSR count). The van der Waals surface area contributed by atoms with Gasteiger partial charge in [-0.3, -0.25) is 0 Å². The van der Waals surface area contributed by atoms with Crippen LogP contribution in [-0.4, -0.2) is 54.3 Å². The summed E-state index contributed by atoms with van der Waals surface area (Å²) in [5.74, 6) is 1.47. The van der Waals surface area contributed by atoms with E-state index in [4.69, 9.17) is 9.47 Å². The second kappa shape index (κ2) is 15.0. The molecule has 0 atom stereocenters. The van der Waals surface area contributed by atoms with Gasteiger partial charge < -0.3 is 20.1 Å². The Hall–Kier alpha value is -1.89. The highest BCUT2D eigenvalue weighted by Crippen LogP contribution is 2.12. The summed E-state index contributed by atoms with van der Waals surface area (Å²) in [6.07, 6.45) is 0. The molecular weight excluding hydrogens is 543 g/mol. The third-order valence-electron chi connectivity index (χ3n) is 4.26. The summed E-state index contributed by atoms with van der Waals surface area (Å²) in [6.45, 7) is 6.69. The summed E-state index contributed by atoms with van der Waals surface area (Å²) in [6, 6.07) is 14.7. The summed E-state index contributed by atoms with van der Waals surface area (Å²) in [7, 11) is -2.05. The maximum atomic E-state index is 12.4. The van der Waals surface area contributed by atoms with E-state index in [2.05, 4.69) is 20.3 Å². The van der Waals surface area contributed by atoms with Crippen molar-refractivity contribution in [1.29, 1.82) is 0 Å². The van der Waals surface area contributed by atoms with Gasteiger partial charge in [-0.05, 0) is 43.7 Å². The number of ether oxygens (including phenoxy) is 2. The second-order valence-electron chi connectivity index (χ2n) is 6.82. The Morgan fingerprint density at radius 2 is 1.78 bits per heavy atom. The largest absolute Gasteiger partial charge is 0.492 e. The topological polar surface area (TPSA) is 101 Å². The molecule has 8 nitrogen and oxygen atoms in total. The third kappa shape index (κ3) is 10.2. The minimum absolute atomic E-state index is 0. The number of sulfonamides is 1. The summed E-state index contributed by atoms with van der Waals surface area (Å²) in [5.41, 5.74) is 1.98. The maximum Gasteiger partial charge on any atom is 0.240 e. The number of aryl methyl sites for hydroxylation is 1. The number of aliphatic imine (C=N–C) groups is 1. The molecule has 2 aromatic rings. The zero-order chi connectivity index (χ0) is 22.5. The Labute approximate surface area is 208 Å². The first-order chi connectivity index (χ1) is 14.9. The first-order valence-corrected chi connectivity index (χ1v) is 11.7. The SMILES string of the molecule is CCNC(=NCc1cccc(S(=O)(=O)NCCOC)c1)NCCOc1ccc(C)cc1.I. The molecule has 0 unspecified atom stereocenters. The van der Waals surface area contributed by atoms with Crippen LogP contribution in [0, 0.1) is 6.92 Å². The standard InChI is InChI=1S/C22H32N4O4S.HI/c1-4-23-22(24-12-15-30-20-10-8-18(2)9-11-20)25-17-19-6-5-7-21(16-19)31(27,28)26-13-14-29-3;/h5-11,16,26H,4,12-15,17H2,1-3H3,(H2,23,24,25);1H. The average Bonchev–Trinajstić information content (AvgIpc) is 2.76. The van der Waals surface area contributed by atoms with E-state index in [1.807, 2.05) is 44.2 Å². The van der Waals surface area contributed by atoms with E-state index in [-0.39, 0.29) is 35.4 Å². The zero-order valence-corrected chi connectivity index (χ0v) is 21.9. The van der Waals surface area contributed by atoms with Crippen LogP contribution in [0.4, 0.5) is 0 Å². The van der Waals surface area contributed by atoms with Crippen molar-refractivity contribution in [2.75, 3.05) is 40.0 Å². The number of rotatable bonds is 12. The minimum atomic E-state index is -3.58. The van der Waals surface area contributed by atoms with Crippen molar-refractivity contribution in [3.63, 3.8) is 0 Å². The van der Waals surface area contributed by atoms with Crippen LogP contribution < -0.4 is 20.1 Å². The van der Waals surface area contributed by atoms with Crippen molar-refractivity contribution < 1.29 is 17.9 Å². The number of benzene rings is 2. The molecular formula is C22H33IN4O4S. The summed E-state index contributed by atoms with van der Waals surface area (Å²) in [4.78, 5) is 4.75. The van der Waals surface area contributed by atoms with Crippen LogP contribution in [0.3, 0.4) is 0 Å². The summed E-state index contributed by atoms with van der Waals surface area (Å²) in [5, 5.41) is 6.40. The Morgan fingerprint density at radius 1 is 1.03 bits per heavy atom. The minimum Gasteiger partial charge on any atom is -0.492 e. The van der Waals surface area contributed by atoms with Crippen LogP contribution >= 0.6 is 24.0 Å². The lowest BCUT2D eigenvalue weighted by Crippen LogP contribution is -2.39. The molecule has 0 saturated carbocycles. The molecule has 0 aromatic heterocycles. The fraction of sp³-hybridized carbons (Fsp3) is 0.409. The van der Waals surface area contributed by atoms with Gasteiger partial charge in [0.05, 0.1) is 24.6 Å². The Bertz CT molecular complexity index is 937. The molecule has 32 heavy (non-hydrogen) atoms. The van der Waals surface area contributed by atoms with Gasteiger partial charge in [0, 0.05) is 20.2 Å². The molecule has 0 spiro atoms. The van der Waals surface area contributed by atoms with E-state index in [0.29, 0.717) is 38.8 Å². The van der Waals surface area contributed by atoms with Gasteiger partial charge in [-0.25, -0.2) is 18.1 Å². The van der Waals surface area contributed by atoms with Crippen molar-refractivity contribution in [3.8, 4) is 5.75 Å². The van der Waals surface area contributed by atoms with Gasteiger partial charge in [-0.15, -0.1) is 24.0 Å². The fourth-order valence-electron chi connectivity index (χ4n) is 2.66. The molecule has 178 valence electrons. The van der Waals surface area contributed by atoms with Crippen molar-refractivity contribution in [1.82, 2.24) is 15.4 Å². The molecule has 0 aliphatic rings. The van der Waals surface area contributed by atoms with Gasteiger partial charge >= 0.3 is 0 Å². The van der Waals surface area contributed by atoms with Gasteiger partial charge in [0.2, 0.25) is 10.0 Å². The number of nitrogens with zero attached hydrogens (tertiary/aromatic N) is 1. The van der Waals surface area contributed by atoms with Crippen molar-refractivity contribution >= 4 is 40.0 Å². The van der Waals surface area contributed by atoms with E-state index in [9.17, 15) is 8.42 Å². The van der Waals surface area contributed by atoms with Crippen LogP contribution in [0.15, 0.2) is 58.4 Å². The van der Waals surface area contributed by atoms with Crippen LogP contribution in [0.25, 0.3) is 0 Å². The number of halogens is 1. The molecule has 0 amide bonds. The van der Waals surface area contributed by atoms with E-state index < -0.39 is 10.0 Å². The molecule has 0 radical (unpaired) electrons. The highest BCUT2D eigenvalue weighted by molar-refractivity contribution is 14.0. The molecule has 2 aromatic carbocycles. The van der Waals surface area contributed by atoms with E-state index in [1.54, 1.807) is 18.2 Å². The molecule has 0 aliphatic carbocycles. The van der Waals surface area contributed by atoms with Crippen molar-refractivity contribution in [3.05, 3.63) is 59.7 Å². The van der Waals surface area contributed by atoms with Crippen LogP contribution in [0.1, 0.15) is 18.1 Å². The molecule has 10 heteroatoms. The van der Waals surface area contributed by atoms with Crippen LogP contribution in [0.2, 0.25) is 0 Å². The Morgan fingerprint density at radius 3 is 2.47 bits per heavy atom. The predicted octanol–water partition coefficient (Wildman–Crippen LogP) is 2.67. The first-order valence-electron chi connectivity index (χ1n) is 10.2. The lowest BCUT2D eigenvalue weighted by molar-refractivity contribution is 0.204. The molecule has 0 bridgehead atoms. The summed E-state index contributed by atoms with van der Waals surface area (Å²) < 4.78 is 37.9. The van der Waals surface area contributed by atoms with Crippen LogP contribution in [0.5, 0.6) is 5.75 Å². The monoisotopic (exact) mass is 576 g/mol. The quantitative estimate of drug-likeness (QED) is 0.156. The van der Waals surface area contributed by atoms with E-state index in [0.717, 1.165) is 11.3 Å². The number of guanidine groups is 1. The highest BCUT2D eigenvalue weighted by atomic mass is 127. The van der Waals surface area contributed by atoms with Crippen LogP contribution in [-0.2, 0) is 21.3 Å².